The van der Waals surface area contributed by atoms with Crippen molar-refractivity contribution in [3.63, 3.8) is 0 Å². The number of nitrogens with zero attached hydrogens (tertiary/aromatic N) is 2. The Morgan fingerprint density at radius 2 is 2.00 bits per heavy atom. The van der Waals surface area contributed by atoms with Crippen LogP contribution in [0.5, 0.6) is 0 Å². The summed E-state index contributed by atoms with van der Waals surface area (Å²) in [4.78, 5) is 32.3. The quantitative estimate of drug-likeness (QED) is 0.717. The van der Waals surface area contributed by atoms with Crippen LogP contribution in [0.15, 0.2) is 52.7 Å². The zero-order chi connectivity index (χ0) is 16.8. The number of carbonyl (C=O) groups excluding carboxylic acids is 2. The minimum Gasteiger partial charge on any atom is -0.431 e. The lowest BCUT2D eigenvalue weighted by atomic mass is 10.2. The Labute approximate surface area is 141 Å². The van der Waals surface area contributed by atoms with E-state index in [0.29, 0.717) is 17.8 Å². The Hall–Kier alpha value is -3.00. The van der Waals surface area contributed by atoms with Crippen LogP contribution >= 0.6 is 11.3 Å². The summed E-state index contributed by atoms with van der Waals surface area (Å²) in [7, 11) is 0. The summed E-state index contributed by atoms with van der Waals surface area (Å²) in [6, 6.07) is 7.24. The maximum Gasteiger partial charge on any atom is 0.302 e. The molecule has 0 aliphatic carbocycles. The van der Waals surface area contributed by atoms with Gasteiger partial charge in [0.05, 0.1) is 4.88 Å². The fourth-order valence-corrected chi connectivity index (χ4v) is 2.58. The van der Waals surface area contributed by atoms with Gasteiger partial charge < -0.3 is 9.73 Å². The van der Waals surface area contributed by atoms with Crippen LogP contribution in [-0.2, 0) is 6.42 Å². The fourth-order valence-electron chi connectivity index (χ4n) is 1.96. The van der Waals surface area contributed by atoms with Crippen LogP contribution in [0.4, 0.5) is 6.01 Å². The third-order valence-corrected chi connectivity index (χ3v) is 4.02. The summed E-state index contributed by atoms with van der Waals surface area (Å²) < 4.78 is 5.11. The molecule has 0 radical (unpaired) electrons. The van der Waals surface area contributed by atoms with E-state index in [2.05, 4.69) is 20.6 Å². The van der Waals surface area contributed by atoms with Gasteiger partial charge in [-0.05, 0) is 35.6 Å². The highest BCUT2D eigenvalue weighted by Crippen LogP contribution is 2.13. The van der Waals surface area contributed by atoms with Gasteiger partial charge >= 0.3 is 6.01 Å². The molecule has 2 N–H and O–H groups in total. The van der Waals surface area contributed by atoms with E-state index in [9.17, 15) is 9.59 Å². The summed E-state index contributed by atoms with van der Waals surface area (Å²) in [5, 5.41) is 7.06. The number of hydrogen-bond acceptors (Lipinski definition) is 6. The zero-order valence-corrected chi connectivity index (χ0v) is 13.4. The fraction of sp³-hybridized carbons (Fsp3) is 0.125. The van der Waals surface area contributed by atoms with Crippen molar-refractivity contribution < 1.29 is 14.0 Å². The average molecular weight is 342 g/mol. The molecular formula is C16H14N4O3S. The van der Waals surface area contributed by atoms with Crippen molar-refractivity contribution in [2.24, 2.45) is 0 Å². The number of anilines is 1. The van der Waals surface area contributed by atoms with Gasteiger partial charge in [0, 0.05) is 18.9 Å². The van der Waals surface area contributed by atoms with Crippen LogP contribution in [0.3, 0.4) is 0 Å². The van der Waals surface area contributed by atoms with Gasteiger partial charge in [-0.3, -0.25) is 19.9 Å². The molecule has 24 heavy (non-hydrogen) atoms. The lowest BCUT2D eigenvalue weighted by Crippen LogP contribution is -2.26. The topological polar surface area (TPSA) is 97.1 Å². The maximum absolute atomic E-state index is 12.0. The second-order valence-electron chi connectivity index (χ2n) is 4.83. The number of aromatic nitrogens is 2. The van der Waals surface area contributed by atoms with E-state index in [1.165, 1.54) is 17.6 Å². The van der Waals surface area contributed by atoms with Gasteiger partial charge in [-0.15, -0.1) is 11.3 Å². The Kier molecular flexibility index (Phi) is 4.97. The molecule has 3 rings (SSSR count). The summed E-state index contributed by atoms with van der Waals surface area (Å²) in [5.41, 5.74) is 1.19. The normalized spacial score (nSPS) is 10.3. The van der Waals surface area contributed by atoms with Gasteiger partial charge in [-0.1, -0.05) is 6.07 Å². The molecule has 2 amide bonds. The third kappa shape index (κ3) is 4.05. The molecule has 0 aliphatic rings. The molecule has 0 aromatic carbocycles. The number of rotatable bonds is 6. The monoisotopic (exact) mass is 342 g/mol. The van der Waals surface area contributed by atoms with Gasteiger partial charge in [0.15, 0.2) is 5.69 Å². The Balaban J connectivity index is 1.51. The van der Waals surface area contributed by atoms with E-state index in [-0.39, 0.29) is 23.5 Å². The molecule has 7 nitrogen and oxygen atoms in total. The molecule has 8 heteroatoms. The lowest BCUT2D eigenvalue weighted by molar-refractivity contribution is 0.0948. The van der Waals surface area contributed by atoms with E-state index >= 15 is 0 Å². The highest BCUT2D eigenvalue weighted by molar-refractivity contribution is 7.12. The molecule has 0 unspecified atom stereocenters. The third-order valence-electron chi connectivity index (χ3n) is 3.15. The lowest BCUT2D eigenvalue weighted by Gasteiger charge is -2.02. The van der Waals surface area contributed by atoms with Gasteiger partial charge in [0.2, 0.25) is 0 Å². The van der Waals surface area contributed by atoms with Gasteiger partial charge in [-0.2, -0.15) is 4.98 Å². The van der Waals surface area contributed by atoms with E-state index in [1.54, 1.807) is 29.9 Å². The SMILES string of the molecule is O=C(NCCc1ccncc1)c1coc(NC(=O)c2cccs2)n1. The van der Waals surface area contributed by atoms with Crippen LogP contribution in [0, 0.1) is 0 Å². The first-order valence-corrected chi connectivity index (χ1v) is 8.08. The van der Waals surface area contributed by atoms with Crippen molar-refractivity contribution in [2.45, 2.75) is 6.42 Å². The second-order valence-corrected chi connectivity index (χ2v) is 5.78. The number of carbonyl (C=O) groups is 2. The van der Waals surface area contributed by atoms with Gasteiger partial charge in [0.25, 0.3) is 11.8 Å². The largest absolute Gasteiger partial charge is 0.431 e. The molecular weight excluding hydrogens is 328 g/mol. The van der Waals surface area contributed by atoms with Crippen molar-refractivity contribution >= 4 is 29.2 Å². The standard InChI is InChI=1S/C16H14N4O3S/c21-14(18-8-5-11-3-6-17-7-4-11)12-10-23-16(19-12)20-15(22)13-2-1-9-24-13/h1-4,6-7,9-10H,5,8H2,(H,18,21)(H,19,20,22). The number of oxazole rings is 1. The summed E-state index contributed by atoms with van der Waals surface area (Å²) in [5.74, 6) is -0.680. The van der Waals surface area contributed by atoms with E-state index in [1.807, 2.05) is 12.1 Å². The van der Waals surface area contributed by atoms with Crippen molar-refractivity contribution in [3.8, 4) is 0 Å². The Morgan fingerprint density at radius 3 is 2.75 bits per heavy atom. The maximum atomic E-state index is 12.0. The molecule has 3 heterocycles. The molecule has 3 aromatic rings. The molecule has 0 aliphatic heterocycles. The van der Waals surface area contributed by atoms with Crippen LogP contribution in [0.1, 0.15) is 25.7 Å². The van der Waals surface area contributed by atoms with Crippen molar-refractivity contribution in [1.82, 2.24) is 15.3 Å². The smallest absolute Gasteiger partial charge is 0.302 e. The molecule has 0 saturated heterocycles. The average Bonchev–Trinajstić information content (AvgIpc) is 3.27. The minimum atomic E-state index is -0.357. The first kappa shape index (κ1) is 15.9. The zero-order valence-electron chi connectivity index (χ0n) is 12.6. The number of thiophene rings is 1. The summed E-state index contributed by atoms with van der Waals surface area (Å²) >= 11 is 1.31. The molecule has 0 saturated carbocycles. The van der Waals surface area contributed by atoms with E-state index in [0.717, 1.165) is 5.56 Å². The van der Waals surface area contributed by atoms with Gasteiger partial charge in [-0.25, -0.2) is 0 Å². The number of hydrogen-bond donors (Lipinski definition) is 2. The molecule has 0 atom stereocenters. The molecule has 0 bridgehead atoms. The first-order chi connectivity index (χ1) is 11.7. The highest BCUT2D eigenvalue weighted by atomic mass is 32.1. The number of nitrogens with one attached hydrogen (secondary N) is 2. The molecule has 122 valence electrons. The van der Waals surface area contributed by atoms with Gasteiger partial charge in [0.1, 0.15) is 6.26 Å². The van der Waals surface area contributed by atoms with Crippen molar-refractivity contribution in [2.75, 3.05) is 11.9 Å². The minimum absolute atomic E-state index is 0.00677. The second kappa shape index (κ2) is 7.51. The summed E-state index contributed by atoms with van der Waals surface area (Å²) in [6.07, 6.45) is 5.31. The number of amides is 2. The van der Waals surface area contributed by atoms with Crippen LogP contribution in [0.25, 0.3) is 0 Å². The molecule has 0 spiro atoms. The van der Waals surface area contributed by atoms with Crippen LogP contribution in [0.2, 0.25) is 0 Å². The van der Waals surface area contributed by atoms with Crippen LogP contribution < -0.4 is 10.6 Å². The summed E-state index contributed by atoms with van der Waals surface area (Å²) in [6.45, 7) is 0.465. The van der Waals surface area contributed by atoms with E-state index in [4.69, 9.17) is 4.42 Å². The predicted molar refractivity (Wildman–Crippen MR) is 89.0 cm³/mol. The van der Waals surface area contributed by atoms with Crippen molar-refractivity contribution in [3.05, 3.63) is 64.4 Å². The Morgan fingerprint density at radius 1 is 1.17 bits per heavy atom. The highest BCUT2D eigenvalue weighted by Gasteiger charge is 2.14. The molecule has 0 fully saturated rings. The molecule has 3 aromatic heterocycles. The predicted octanol–water partition coefficient (Wildman–Crippen LogP) is 2.36. The first-order valence-electron chi connectivity index (χ1n) is 7.20. The van der Waals surface area contributed by atoms with Crippen molar-refractivity contribution in [1.29, 1.82) is 0 Å². The van der Waals surface area contributed by atoms with Crippen LogP contribution in [-0.4, -0.2) is 28.3 Å². The van der Waals surface area contributed by atoms with E-state index < -0.39 is 0 Å². The Bertz CT molecular complexity index is 815. The number of pyridine rings is 1.